The molecule has 376 valence electrons. The lowest BCUT2D eigenvalue weighted by molar-refractivity contribution is 0.0295. The third-order valence-electron chi connectivity index (χ3n) is 13.1. The fourth-order valence-corrected chi connectivity index (χ4v) is 8.51. The number of nitrogens with one attached hydrogen (secondary N) is 2. The van der Waals surface area contributed by atoms with Gasteiger partial charge in [-0.3, -0.25) is 19.2 Å². The van der Waals surface area contributed by atoms with Crippen molar-refractivity contribution in [3.05, 3.63) is 131 Å². The lowest BCUT2D eigenvalue weighted by Crippen LogP contribution is -2.43. The van der Waals surface area contributed by atoms with Gasteiger partial charge in [0.2, 0.25) is 11.6 Å². The van der Waals surface area contributed by atoms with Crippen LogP contribution < -0.4 is 20.1 Å². The van der Waals surface area contributed by atoms with Crippen molar-refractivity contribution in [2.45, 2.75) is 114 Å². The summed E-state index contributed by atoms with van der Waals surface area (Å²) in [5.41, 5.74) is 1.55. The number of ketones is 2. The molecule has 4 fully saturated rings. The molecular weight excluding hydrogens is 939 g/mol. The normalized spacial score (nSPS) is 22.3. The Morgan fingerprint density at radius 1 is 0.556 bits per heavy atom. The van der Waals surface area contributed by atoms with Crippen molar-refractivity contribution < 1.29 is 66.9 Å². The molecule has 0 saturated heterocycles. The maximum atomic E-state index is 14.7. The van der Waals surface area contributed by atoms with Crippen molar-refractivity contribution in [3.63, 3.8) is 0 Å². The van der Waals surface area contributed by atoms with Gasteiger partial charge in [0.15, 0.2) is 23.8 Å². The van der Waals surface area contributed by atoms with Crippen molar-refractivity contribution in [2.24, 2.45) is 11.8 Å². The van der Waals surface area contributed by atoms with Crippen LogP contribution in [0.1, 0.15) is 131 Å². The minimum atomic E-state index is -1.08. The molecular formula is C52H52F2N6O12. The molecule has 18 nitrogen and oxygen atoms in total. The predicted octanol–water partition coefficient (Wildman–Crippen LogP) is 6.44. The lowest BCUT2D eigenvalue weighted by Gasteiger charge is -2.18. The Morgan fingerprint density at radius 2 is 0.931 bits per heavy atom. The molecule has 10 rings (SSSR count). The first-order valence-corrected chi connectivity index (χ1v) is 23.8. The zero-order valence-electron chi connectivity index (χ0n) is 39.1. The number of Topliss-reactive ketones (excluding diaryl/α,β-unsaturated/α-hetero) is 2. The molecule has 0 aliphatic heterocycles. The second-order valence-electron chi connectivity index (χ2n) is 18.6. The highest BCUT2D eigenvalue weighted by atomic mass is 19.1. The summed E-state index contributed by atoms with van der Waals surface area (Å²) in [6, 6.07) is 20.4. The lowest BCUT2D eigenvalue weighted by atomic mass is 10.1. The van der Waals surface area contributed by atoms with Crippen LogP contribution >= 0.6 is 0 Å². The van der Waals surface area contributed by atoms with Gasteiger partial charge in [0.1, 0.15) is 35.3 Å². The van der Waals surface area contributed by atoms with Crippen LogP contribution in [-0.4, -0.2) is 101 Å². The molecule has 0 unspecified atom stereocenters. The van der Waals surface area contributed by atoms with Crippen LogP contribution in [0.4, 0.5) is 8.78 Å². The summed E-state index contributed by atoms with van der Waals surface area (Å²) in [6.07, 6.45) is 0.154. The van der Waals surface area contributed by atoms with Crippen LogP contribution in [0.2, 0.25) is 0 Å². The van der Waals surface area contributed by atoms with Crippen LogP contribution in [0.25, 0.3) is 22.8 Å². The highest BCUT2D eigenvalue weighted by molar-refractivity contribution is 6.00. The van der Waals surface area contributed by atoms with E-state index in [4.69, 9.17) is 18.5 Å². The third-order valence-corrected chi connectivity index (χ3v) is 13.1. The van der Waals surface area contributed by atoms with Crippen molar-refractivity contribution in [1.82, 2.24) is 30.9 Å². The van der Waals surface area contributed by atoms with E-state index in [1.165, 1.54) is 24.3 Å². The Hall–Kier alpha value is -7.26. The van der Waals surface area contributed by atoms with E-state index in [0.29, 0.717) is 59.4 Å². The molecule has 4 saturated carbocycles. The van der Waals surface area contributed by atoms with Gasteiger partial charge in [-0.15, -0.1) is 0 Å². The van der Waals surface area contributed by atoms with E-state index in [9.17, 15) is 48.4 Å². The summed E-state index contributed by atoms with van der Waals surface area (Å²) in [7, 11) is 0. The zero-order valence-corrected chi connectivity index (χ0v) is 39.1. The van der Waals surface area contributed by atoms with E-state index in [0.717, 1.165) is 37.8 Å². The predicted molar refractivity (Wildman–Crippen MR) is 249 cm³/mol. The van der Waals surface area contributed by atoms with E-state index in [1.807, 2.05) is 0 Å². The quantitative estimate of drug-likeness (QED) is 0.0569. The highest BCUT2D eigenvalue weighted by Gasteiger charge is 2.37. The number of nitrogens with zero attached hydrogens (tertiary/aromatic N) is 4. The maximum absolute atomic E-state index is 14.7. The van der Waals surface area contributed by atoms with E-state index >= 15 is 0 Å². The number of carbonyl (C=O) groups excluding carboxylic acids is 4. The first-order valence-electron chi connectivity index (χ1n) is 23.8. The molecule has 4 aliphatic carbocycles. The molecule has 4 aromatic carbocycles. The van der Waals surface area contributed by atoms with Gasteiger partial charge < -0.3 is 49.6 Å². The van der Waals surface area contributed by atoms with Gasteiger partial charge in [0, 0.05) is 34.1 Å². The second-order valence-corrected chi connectivity index (χ2v) is 18.6. The minimum absolute atomic E-state index is 0.131. The summed E-state index contributed by atoms with van der Waals surface area (Å²) in [6.45, 7) is 3.45. The van der Waals surface area contributed by atoms with Gasteiger partial charge in [0.25, 0.3) is 23.6 Å². The standard InChI is InChI=1S/2C26H26FN3O6/c2*1-13(35-17-7-4-15(5-8-17)22(32)14-2-3-14)26-29-24(30-36-26)16-6-9-18(19(27)12-16)25(34)28-20-10-11-21(31)23(20)33/h2*4-9,12-14,20-21,23,31,33H,2-3,10-11H2,1H3,(H,28,34)/t13-,20+,21-,23+;13-,20-,21+,23-/m11/s1. The SMILES string of the molecule is C[C@@H](Oc1ccc(C(=O)C2CC2)cc1)c1nc(-c2ccc(C(=O)N[C@@H]3CC[C@H](O)[C@@H]3O)c(F)c2)no1.C[C@@H](Oc1ccc(C(=O)C2CC2)cc1)c1nc(-c2ccc(C(=O)N[C@H]3CC[C@@H](O)[C@H]3O)c(F)c2)no1. The second kappa shape index (κ2) is 21.2. The van der Waals surface area contributed by atoms with Crippen LogP contribution in [-0.2, 0) is 0 Å². The van der Waals surface area contributed by atoms with Crippen LogP contribution in [0.5, 0.6) is 11.5 Å². The van der Waals surface area contributed by atoms with Gasteiger partial charge >= 0.3 is 0 Å². The zero-order chi connectivity index (χ0) is 50.8. The van der Waals surface area contributed by atoms with Crippen molar-refractivity contribution in [2.75, 3.05) is 0 Å². The number of aromatic nitrogens is 4. The monoisotopic (exact) mass is 990 g/mol. The number of ether oxygens (including phenoxy) is 2. The third kappa shape index (κ3) is 11.4. The van der Waals surface area contributed by atoms with Crippen molar-refractivity contribution in [1.29, 1.82) is 0 Å². The number of amides is 2. The van der Waals surface area contributed by atoms with Gasteiger partial charge in [-0.05, 0) is 138 Å². The first kappa shape index (κ1) is 49.7. The van der Waals surface area contributed by atoms with Crippen LogP contribution in [0.3, 0.4) is 0 Å². The smallest absolute Gasteiger partial charge is 0.267 e. The number of halogens is 2. The molecule has 0 bridgehead atoms. The van der Waals surface area contributed by atoms with Gasteiger partial charge in [-0.1, -0.05) is 22.4 Å². The average Bonchev–Trinajstić information content (AvgIpc) is 4.25. The maximum Gasteiger partial charge on any atom is 0.267 e. The number of benzene rings is 4. The van der Waals surface area contributed by atoms with Crippen molar-refractivity contribution in [3.8, 4) is 34.3 Å². The van der Waals surface area contributed by atoms with Crippen LogP contribution in [0.15, 0.2) is 94.0 Å². The number of hydrogen-bond acceptors (Lipinski definition) is 16. The van der Waals surface area contributed by atoms with E-state index in [2.05, 4.69) is 30.9 Å². The van der Waals surface area contributed by atoms with Gasteiger partial charge in [-0.2, -0.15) is 9.97 Å². The summed E-state index contributed by atoms with van der Waals surface area (Å²) in [4.78, 5) is 57.8. The minimum Gasteiger partial charge on any atom is -0.481 e. The molecule has 2 aromatic heterocycles. The summed E-state index contributed by atoms with van der Waals surface area (Å²) >= 11 is 0. The average molecular weight is 991 g/mol. The number of hydrogen-bond donors (Lipinski definition) is 6. The summed E-state index contributed by atoms with van der Waals surface area (Å²) < 4.78 is 51.7. The topological polar surface area (TPSA) is 270 Å². The Bertz CT molecular complexity index is 2740. The molecule has 2 amide bonds. The number of aliphatic hydroxyl groups is 4. The fourth-order valence-electron chi connectivity index (χ4n) is 8.51. The van der Waals surface area contributed by atoms with Gasteiger partial charge in [0.05, 0.1) is 35.4 Å². The fraction of sp³-hybridized carbons (Fsp3) is 0.385. The molecule has 0 spiro atoms. The molecule has 8 atom stereocenters. The highest BCUT2D eigenvalue weighted by Crippen LogP contribution is 2.35. The Kier molecular flexibility index (Phi) is 14.7. The van der Waals surface area contributed by atoms with E-state index in [1.54, 1.807) is 62.4 Å². The van der Waals surface area contributed by atoms with Gasteiger partial charge in [-0.25, -0.2) is 8.78 Å². The first-order chi connectivity index (χ1) is 34.6. The van der Waals surface area contributed by atoms with E-state index in [-0.39, 0.29) is 58.0 Å². The number of aliphatic hydroxyl groups excluding tert-OH is 4. The molecule has 6 aromatic rings. The molecule has 6 N–H and O–H groups in total. The molecule has 0 radical (unpaired) electrons. The molecule has 72 heavy (non-hydrogen) atoms. The summed E-state index contributed by atoms with van der Waals surface area (Å²) in [5, 5.41) is 52.0. The Morgan fingerprint density at radius 3 is 1.25 bits per heavy atom. The van der Waals surface area contributed by atoms with Crippen LogP contribution in [0, 0.1) is 23.5 Å². The molecule has 4 aliphatic rings. The Balaban J connectivity index is 0.000000178. The van der Waals surface area contributed by atoms with E-state index < -0.39 is 72.2 Å². The molecule has 2 heterocycles. The number of carbonyl (C=O) groups is 4. The van der Waals surface area contributed by atoms with Crippen molar-refractivity contribution >= 4 is 23.4 Å². The molecule has 20 heteroatoms. The summed E-state index contributed by atoms with van der Waals surface area (Å²) in [5.74, 6) is -0.629. The Labute approximate surface area is 410 Å². The largest absolute Gasteiger partial charge is 0.481 e. The number of rotatable bonds is 16.